The van der Waals surface area contributed by atoms with Gasteiger partial charge in [0.05, 0.1) is 16.6 Å². The maximum atomic E-state index is 13.1. The van der Waals surface area contributed by atoms with E-state index in [1.165, 1.54) is 20.0 Å². The Morgan fingerprint density at radius 2 is 1.55 bits per heavy atom. The number of aromatic nitrogens is 2. The summed E-state index contributed by atoms with van der Waals surface area (Å²) in [7, 11) is 1.42. The number of benzene rings is 3. The quantitative estimate of drug-likeness (QED) is 0.504. The van der Waals surface area contributed by atoms with Crippen molar-refractivity contribution in [3.63, 3.8) is 0 Å². The van der Waals surface area contributed by atoms with Gasteiger partial charge in [0, 0.05) is 24.9 Å². The van der Waals surface area contributed by atoms with Crippen LogP contribution in [-0.2, 0) is 0 Å². The van der Waals surface area contributed by atoms with Gasteiger partial charge in [0.2, 0.25) is 5.91 Å². The Balaban J connectivity index is 1.99. The Morgan fingerprint density at radius 1 is 0.903 bits per heavy atom. The molecule has 2 heterocycles. The van der Waals surface area contributed by atoms with Crippen LogP contribution in [0.15, 0.2) is 60.7 Å². The molecule has 2 amide bonds. The third kappa shape index (κ3) is 2.60. The molecule has 0 atom stereocenters. The molecule has 0 bridgehead atoms. The Bertz CT molecular complexity index is 1420. The van der Waals surface area contributed by atoms with Gasteiger partial charge in [0.15, 0.2) is 0 Å². The largest absolute Gasteiger partial charge is 0.507 e. The Kier molecular flexibility index (Phi) is 4.01. The first-order valence-electron chi connectivity index (χ1n) is 9.67. The molecule has 31 heavy (non-hydrogen) atoms. The minimum Gasteiger partial charge on any atom is -0.507 e. The Hall–Kier alpha value is -4.26. The number of carbonyl (C=O) groups is 3. The Labute approximate surface area is 177 Å². The first kappa shape index (κ1) is 18.7. The molecule has 0 spiro atoms. The van der Waals surface area contributed by atoms with E-state index in [2.05, 4.69) is 5.10 Å². The minimum absolute atomic E-state index is 0.00103. The Morgan fingerprint density at radius 3 is 2.23 bits per heavy atom. The van der Waals surface area contributed by atoms with E-state index in [0.29, 0.717) is 22.2 Å². The topological polar surface area (TPSA) is 92.5 Å². The van der Waals surface area contributed by atoms with Crippen molar-refractivity contribution in [1.82, 2.24) is 14.7 Å². The molecule has 152 valence electrons. The van der Waals surface area contributed by atoms with Crippen molar-refractivity contribution < 1.29 is 19.5 Å². The molecule has 0 saturated heterocycles. The van der Waals surface area contributed by atoms with Gasteiger partial charge >= 0.3 is 0 Å². The first-order chi connectivity index (χ1) is 14.9. The van der Waals surface area contributed by atoms with Crippen LogP contribution in [0.25, 0.3) is 33.3 Å². The third-order valence-electron chi connectivity index (χ3n) is 5.55. The number of amides is 2. The van der Waals surface area contributed by atoms with Crippen LogP contribution >= 0.6 is 0 Å². The normalized spacial score (nSPS) is 13.2. The molecule has 0 radical (unpaired) electrons. The molecule has 1 N–H and O–H groups in total. The van der Waals surface area contributed by atoms with Crippen molar-refractivity contribution in [3.8, 4) is 28.1 Å². The predicted octanol–water partition coefficient (Wildman–Crippen LogP) is 3.96. The lowest BCUT2D eigenvalue weighted by atomic mass is 9.92. The molecule has 0 aliphatic carbocycles. The maximum absolute atomic E-state index is 13.1. The van der Waals surface area contributed by atoms with E-state index >= 15 is 0 Å². The number of phenols is 1. The molecule has 0 unspecified atom stereocenters. The van der Waals surface area contributed by atoms with Crippen molar-refractivity contribution in [1.29, 1.82) is 0 Å². The maximum Gasteiger partial charge on any atom is 0.263 e. The van der Waals surface area contributed by atoms with Crippen LogP contribution in [0.1, 0.15) is 32.4 Å². The predicted molar refractivity (Wildman–Crippen MR) is 115 cm³/mol. The number of hydrogen-bond donors (Lipinski definition) is 1. The number of phenolic OH excluding ortho intramolecular Hbond substituents is 1. The third-order valence-corrected chi connectivity index (χ3v) is 5.55. The zero-order chi connectivity index (χ0) is 21.9. The summed E-state index contributed by atoms with van der Waals surface area (Å²) in [4.78, 5) is 39.6. The molecule has 7 heteroatoms. The molecule has 4 aromatic rings. The van der Waals surface area contributed by atoms with Crippen molar-refractivity contribution in [3.05, 3.63) is 71.8 Å². The fourth-order valence-electron chi connectivity index (χ4n) is 4.08. The van der Waals surface area contributed by atoms with Crippen molar-refractivity contribution >= 4 is 28.6 Å². The summed E-state index contributed by atoms with van der Waals surface area (Å²) in [5.41, 5.74) is 2.78. The second-order valence-electron chi connectivity index (χ2n) is 7.40. The van der Waals surface area contributed by atoms with Gasteiger partial charge in [0.1, 0.15) is 11.4 Å². The van der Waals surface area contributed by atoms with Crippen LogP contribution in [-0.4, -0.2) is 44.6 Å². The number of rotatable bonds is 2. The van der Waals surface area contributed by atoms with Gasteiger partial charge < -0.3 is 5.11 Å². The molecule has 1 aliphatic rings. The average molecular weight is 411 g/mol. The molecule has 1 aliphatic heterocycles. The lowest BCUT2D eigenvalue weighted by Gasteiger charge is -2.09. The highest BCUT2D eigenvalue weighted by Gasteiger charge is 2.39. The van der Waals surface area contributed by atoms with E-state index in [0.717, 1.165) is 15.1 Å². The summed E-state index contributed by atoms with van der Waals surface area (Å²) < 4.78 is 1.13. The molecule has 0 saturated carbocycles. The molecule has 7 nitrogen and oxygen atoms in total. The van der Waals surface area contributed by atoms with Crippen LogP contribution in [0.3, 0.4) is 0 Å². The van der Waals surface area contributed by atoms with E-state index in [-0.39, 0.29) is 22.4 Å². The number of aromatic hydroxyl groups is 1. The van der Waals surface area contributed by atoms with Crippen molar-refractivity contribution in [2.24, 2.45) is 0 Å². The summed E-state index contributed by atoms with van der Waals surface area (Å²) in [6.45, 7) is 1.34. The van der Waals surface area contributed by atoms with Gasteiger partial charge in [-0.25, -0.2) is 0 Å². The van der Waals surface area contributed by atoms with E-state index in [4.69, 9.17) is 0 Å². The van der Waals surface area contributed by atoms with Gasteiger partial charge in [-0.2, -0.15) is 9.78 Å². The number of nitrogens with zero attached hydrogens (tertiary/aromatic N) is 3. The number of carbonyl (C=O) groups excluding carboxylic acids is 3. The van der Waals surface area contributed by atoms with Crippen molar-refractivity contribution in [2.45, 2.75) is 6.92 Å². The van der Waals surface area contributed by atoms with Gasteiger partial charge in [-0.3, -0.25) is 19.3 Å². The number of hydrogen-bond acceptors (Lipinski definition) is 5. The average Bonchev–Trinajstić information content (AvgIpc) is 3.26. The van der Waals surface area contributed by atoms with Crippen LogP contribution in [0, 0.1) is 0 Å². The van der Waals surface area contributed by atoms with E-state index in [1.54, 1.807) is 24.3 Å². The van der Waals surface area contributed by atoms with Crippen LogP contribution in [0.4, 0.5) is 0 Å². The summed E-state index contributed by atoms with van der Waals surface area (Å²) in [6.07, 6.45) is 0. The summed E-state index contributed by atoms with van der Waals surface area (Å²) in [5.74, 6) is -1.33. The fraction of sp³-hybridized carbons (Fsp3) is 0.0833. The van der Waals surface area contributed by atoms with Crippen LogP contribution in [0.2, 0.25) is 0 Å². The SMILES string of the molecule is CC(=O)n1nc(-c2ccccc2O)c2cc(-c3ccccc3)c3c(c21)C(=O)N(C)C3=O. The van der Waals surface area contributed by atoms with Crippen LogP contribution < -0.4 is 0 Å². The van der Waals surface area contributed by atoms with E-state index in [1.807, 2.05) is 30.3 Å². The lowest BCUT2D eigenvalue weighted by Crippen LogP contribution is -2.24. The van der Waals surface area contributed by atoms with Gasteiger partial charge in [-0.1, -0.05) is 42.5 Å². The second-order valence-corrected chi connectivity index (χ2v) is 7.40. The molecule has 5 rings (SSSR count). The fourth-order valence-corrected chi connectivity index (χ4v) is 4.08. The molecular weight excluding hydrogens is 394 g/mol. The number of fused-ring (bicyclic) bond motifs is 3. The molecule has 3 aromatic carbocycles. The lowest BCUT2D eigenvalue weighted by molar-refractivity contribution is 0.0693. The molecule has 1 aromatic heterocycles. The summed E-state index contributed by atoms with van der Waals surface area (Å²) >= 11 is 0. The van der Waals surface area contributed by atoms with Gasteiger partial charge in [-0.15, -0.1) is 0 Å². The van der Waals surface area contributed by atoms with E-state index < -0.39 is 17.7 Å². The minimum atomic E-state index is -0.492. The van der Waals surface area contributed by atoms with E-state index in [9.17, 15) is 19.5 Å². The van der Waals surface area contributed by atoms with Gasteiger partial charge in [0.25, 0.3) is 11.8 Å². The zero-order valence-electron chi connectivity index (χ0n) is 16.8. The highest BCUT2D eigenvalue weighted by atomic mass is 16.3. The highest BCUT2D eigenvalue weighted by Crippen LogP contribution is 2.42. The summed E-state index contributed by atoms with van der Waals surface area (Å²) in [5, 5.41) is 15.4. The second kappa shape index (κ2) is 6.63. The summed E-state index contributed by atoms with van der Waals surface area (Å²) in [6, 6.07) is 17.7. The first-order valence-corrected chi connectivity index (χ1v) is 9.67. The molecule has 0 fully saturated rings. The van der Waals surface area contributed by atoms with Crippen LogP contribution in [0.5, 0.6) is 5.75 Å². The molecular formula is C24H17N3O4. The monoisotopic (exact) mass is 411 g/mol. The number of imide groups is 1. The standard InChI is InChI=1S/C24H17N3O4/c1-13(28)27-22-17(21(25-27)15-10-6-7-11-18(15)29)12-16(14-8-4-3-5-9-14)19-20(22)24(31)26(2)23(19)30/h3-12,29H,1-2H3. The smallest absolute Gasteiger partial charge is 0.263 e. The van der Waals surface area contributed by atoms with Gasteiger partial charge in [-0.05, 0) is 29.3 Å². The zero-order valence-corrected chi connectivity index (χ0v) is 16.8. The van der Waals surface area contributed by atoms with Crippen molar-refractivity contribution in [2.75, 3.05) is 7.05 Å². The number of para-hydroxylation sites is 1. The highest BCUT2D eigenvalue weighted by molar-refractivity contribution is 6.29.